The molecule has 0 radical (unpaired) electrons. The zero-order valence-electron chi connectivity index (χ0n) is 29.1. The minimum atomic E-state index is -0.107. The fourth-order valence-corrected chi connectivity index (χ4v) is 6.44. The average Bonchev–Trinajstić information content (AvgIpc) is 3.37. The molecule has 6 amide bonds. The summed E-state index contributed by atoms with van der Waals surface area (Å²) in [5.74, 6) is 1.38. The fraction of sp³-hybridized carbons (Fsp3) is 0.824. The van der Waals surface area contributed by atoms with Gasteiger partial charge in [0.15, 0.2) is 0 Å². The first kappa shape index (κ1) is 38.4. The van der Waals surface area contributed by atoms with Crippen LogP contribution in [0.5, 0.6) is 0 Å². The van der Waals surface area contributed by atoms with E-state index >= 15 is 0 Å². The molecular formula is C34H59N3O6. The fourth-order valence-electron chi connectivity index (χ4n) is 6.44. The molecule has 0 N–H and O–H groups in total. The molecule has 0 aromatic carbocycles. The summed E-state index contributed by atoms with van der Waals surface area (Å²) < 4.78 is 0. The number of imide groups is 3. The Morgan fingerprint density at radius 2 is 0.884 bits per heavy atom. The third-order valence-corrected chi connectivity index (χ3v) is 8.24. The van der Waals surface area contributed by atoms with Crippen molar-refractivity contribution in [3.8, 4) is 0 Å². The molecule has 3 heterocycles. The summed E-state index contributed by atoms with van der Waals surface area (Å²) in [6.45, 7) is 24.1. The minimum Gasteiger partial charge on any atom is -0.285 e. The summed E-state index contributed by atoms with van der Waals surface area (Å²) in [6.07, 6.45) is 3.30. The third kappa shape index (κ3) is 10.2. The normalized spacial score (nSPS) is 24.5. The van der Waals surface area contributed by atoms with E-state index in [0.717, 1.165) is 19.3 Å². The van der Waals surface area contributed by atoms with Crippen molar-refractivity contribution in [3.05, 3.63) is 0 Å². The Kier molecular flexibility index (Phi) is 14.7. The standard InChI is InChI=1S/C12H21NO2.2C11H19NO2/c1-7(2)6-9-10(8(3)4)12(15)13(5)11(9)14;2*1-7(2)5-9-6-10(13)12(8(3)4)11(9)14/h7-10H,6H2,1-5H3;2*7-9H,5-6H2,1-4H3. The van der Waals surface area contributed by atoms with E-state index in [0.29, 0.717) is 30.6 Å². The Morgan fingerprint density at radius 1 is 0.535 bits per heavy atom. The van der Waals surface area contributed by atoms with Gasteiger partial charge >= 0.3 is 0 Å². The van der Waals surface area contributed by atoms with Crippen LogP contribution in [-0.2, 0) is 28.8 Å². The predicted octanol–water partition coefficient (Wildman–Crippen LogP) is 5.55. The molecule has 3 fully saturated rings. The van der Waals surface area contributed by atoms with Gasteiger partial charge in [-0.25, -0.2) is 0 Å². The molecule has 4 atom stereocenters. The molecule has 3 saturated heterocycles. The van der Waals surface area contributed by atoms with Crippen LogP contribution < -0.4 is 0 Å². The van der Waals surface area contributed by atoms with E-state index in [-0.39, 0.29) is 77.1 Å². The number of amides is 6. The Bertz CT molecular complexity index is 964. The van der Waals surface area contributed by atoms with Crippen LogP contribution in [0, 0.1) is 47.3 Å². The molecule has 4 unspecified atom stereocenters. The summed E-state index contributed by atoms with van der Waals surface area (Å²) in [5.41, 5.74) is 0. The molecule has 9 heteroatoms. The highest BCUT2D eigenvalue weighted by Crippen LogP contribution is 2.35. The Morgan fingerprint density at radius 3 is 1.14 bits per heavy atom. The third-order valence-electron chi connectivity index (χ3n) is 8.24. The van der Waals surface area contributed by atoms with Crippen molar-refractivity contribution >= 4 is 35.4 Å². The summed E-state index contributed by atoms with van der Waals surface area (Å²) in [5, 5.41) is 0. The molecule has 3 aliphatic rings. The smallest absolute Gasteiger partial charge is 0.233 e. The second kappa shape index (κ2) is 16.5. The lowest BCUT2D eigenvalue weighted by Gasteiger charge is -2.19. The van der Waals surface area contributed by atoms with E-state index < -0.39 is 0 Å². The lowest BCUT2D eigenvalue weighted by molar-refractivity contribution is -0.143. The van der Waals surface area contributed by atoms with Crippen LogP contribution in [0.2, 0.25) is 0 Å². The zero-order valence-corrected chi connectivity index (χ0v) is 29.1. The maximum Gasteiger partial charge on any atom is 0.233 e. The van der Waals surface area contributed by atoms with Gasteiger partial charge in [0.05, 0.1) is 11.8 Å². The van der Waals surface area contributed by atoms with E-state index in [1.54, 1.807) is 7.05 Å². The molecule has 0 bridgehead atoms. The first-order valence-corrected chi connectivity index (χ1v) is 16.3. The highest BCUT2D eigenvalue weighted by atomic mass is 16.2. The topological polar surface area (TPSA) is 112 Å². The van der Waals surface area contributed by atoms with Crippen LogP contribution in [0.1, 0.15) is 115 Å². The number of hydrogen-bond donors (Lipinski definition) is 0. The summed E-state index contributed by atoms with van der Waals surface area (Å²) >= 11 is 0. The van der Waals surface area contributed by atoms with E-state index in [1.165, 1.54) is 14.7 Å². The van der Waals surface area contributed by atoms with Gasteiger partial charge in [-0.05, 0) is 70.6 Å². The van der Waals surface area contributed by atoms with Crippen molar-refractivity contribution in [2.45, 2.75) is 127 Å². The SMILES string of the molecule is CC(C)CC1C(=O)N(C)C(=O)C1C(C)C.CC(C)CC1CC(=O)N(C(C)C)C1=O.CC(C)CC1CC(=O)N(C(C)C)C1=O. The summed E-state index contributed by atoms with van der Waals surface area (Å²) in [7, 11) is 1.60. The minimum absolute atomic E-state index is 0.000602. The first-order valence-electron chi connectivity index (χ1n) is 16.3. The van der Waals surface area contributed by atoms with E-state index in [9.17, 15) is 28.8 Å². The second-order valence-corrected chi connectivity index (χ2v) is 14.7. The van der Waals surface area contributed by atoms with Gasteiger partial charge in [-0.2, -0.15) is 0 Å². The molecular weight excluding hydrogens is 546 g/mol. The molecule has 246 valence electrons. The van der Waals surface area contributed by atoms with Crippen LogP contribution in [0.25, 0.3) is 0 Å². The zero-order chi connectivity index (χ0) is 33.5. The van der Waals surface area contributed by atoms with Crippen molar-refractivity contribution in [1.82, 2.24) is 14.7 Å². The molecule has 43 heavy (non-hydrogen) atoms. The number of rotatable bonds is 9. The summed E-state index contributed by atoms with van der Waals surface area (Å²) in [6, 6.07) is 0.0133. The van der Waals surface area contributed by atoms with Crippen molar-refractivity contribution in [2.75, 3.05) is 7.05 Å². The molecule has 0 aromatic rings. The predicted molar refractivity (Wildman–Crippen MR) is 168 cm³/mol. The molecule has 0 saturated carbocycles. The van der Waals surface area contributed by atoms with Gasteiger partial charge in [0.25, 0.3) is 0 Å². The monoisotopic (exact) mass is 605 g/mol. The second-order valence-electron chi connectivity index (χ2n) is 14.7. The Labute approximate surface area is 260 Å². The van der Waals surface area contributed by atoms with E-state index in [4.69, 9.17) is 0 Å². The van der Waals surface area contributed by atoms with Gasteiger partial charge in [0.1, 0.15) is 0 Å². The van der Waals surface area contributed by atoms with E-state index in [1.807, 2.05) is 41.5 Å². The van der Waals surface area contributed by atoms with Crippen LogP contribution in [-0.4, -0.2) is 69.3 Å². The lowest BCUT2D eigenvalue weighted by atomic mass is 9.81. The molecule has 0 aromatic heterocycles. The molecule has 9 nitrogen and oxygen atoms in total. The van der Waals surface area contributed by atoms with Crippen LogP contribution in [0.15, 0.2) is 0 Å². The number of nitrogens with zero attached hydrogens (tertiary/aromatic N) is 3. The number of carbonyl (C=O) groups excluding carboxylic acids is 6. The van der Waals surface area contributed by atoms with Crippen LogP contribution in [0.4, 0.5) is 0 Å². The van der Waals surface area contributed by atoms with Gasteiger partial charge in [0.2, 0.25) is 35.4 Å². The lowest BCUT2D eigenvalue weighted by Crippen LogP contribution is -2.36. The maximum absolute atomic E-state index is 11.9. The van der Waals surface area contributed by atoms with Crippen LogP contribution in [0.3, 0.4) is 0 Å². The molecule has 3 rings (SSSR count). The highest BCUT2D eigenvalue weighted by Gasteiger charge is 2.47. The van der Waals surface area contributed by atoms with Crippen molar-refractivity contribution in [3.63, 3.8) is 0 Å². The summed E-state index contributed by atoms with van der Waals surface area (Å²) in [4.78, 5) is 74.5. The van der Waals surface area contributed by atoms with Gasteiger partial charge in [-0.15, -0.1) is 0 Å². The van der Waals surface area contributed by atoms with Crippen LogP contribution >= 0.6 is 0 Å². The van der Waals surface area contributed by atoms with Crippen molar-refractivity contribution in [1.29, 1.82) is 0 Å². The average molecular weight is 606 g/mol. The quantitative estimate of drug-likeness (QED) is 0.319. The molecule has 0 aliphatic carbocycles. The van der Waals surface area contributed by atoms with Crippen molar-refractivity contribution < 1.29 is 28.8 Å². The van der Waals surface area contributed by atoms with Gasteiger partial charge in [0, 0.05) is 43.8 Å². The number of hydrogen-bond acceptors (Lipinski definition) is 6. The van der Waals surface area contributed by atoms with E-state index in [2.05, 4.69) is 41.5 Å². The maximum atomic E-state index is 11.9. The molecule has 0 spiro atoms. The number of carbonyl (C=O) groups is 6. The molecule has 3 aliphatic heterocycles. The highest BCUT2D eigenvalue weighted by molar-refractivity contribution is 6.05. The van der Waals surface area contributed by atoms with Gasteiger partial charge in [-0.3, -0.25) is 43.5 Å². The largest absolute Gasteiger partial charge is 0.285 e. The first-order chi connectivity index (χ1) is 19.7. The van der Waals surface area contributed by atoms with Gasteiger partial charge in [-0.1, -0.05) is 55.4 Å². The van der Waals surface area contributed by atoms with Crippen molar-refractivity contribution in [2.24, 2.45) is 47.3 Å². The number of likely N-dealkylation sites (tertiary alicyclic amines) is 3. The Hall–Kier alpha value is -2.58. The Balaban J connectivity index is 0.000000323. The van der Waals surface area contributed by atoms with Gasteiger partial charge < -0.3 is 0 Å².